The topological polar surface area (TPSA) is 89.7 Å². The Hall–Kier alpha value is -1.95. The highest BCUT2D eigenvalue weighted by Crippen LogP contribution is 2.13. The molecule has 0 amide bonds. The van der Waals surface area contributed by atoms with E-state index in [9.17, 15) is 0 Å². The van der Waals surface area contributed by atoms with E-state index in [0.717, 1.165) is 5.69 Å². The number of aromatic amines is 1. The van der Waals surface area contributed by atoms with Crippen LogP contribution in [0.2, 0.25) is 0 Å². The summed E-state index contributed by atoms with van der Waals surface area (Å²) in [4.78, 5) is 7.17. The van der Waals surface area contributed by atoms with Crippen LogP contribution in [0.3, 0.4) is 0 Å². The van der Waals surface area contributed by atoms with Crippen LogP contribution in [0, 0.1) is 0 Å². The summed E-state index contributed by atoms with van der Waals surface area (Å²) in [6.07, 6.45) is 1.68. The van der Waals surface area contributed by atoms with E-state index in [1.54, 1.807) is 25.4 Å². The molecule has 0 aromatic carbocycles. The monoisotopic (exact) mass is 205 g/mol. The van der Waals surface area contributed by atoms with Crippen LogP contribution in [0.15, 0.2) is 18.3 Å². The van der Waals surface area contributed by atoms with Crippen LogP contribution in [0.4, 0.5) is 0 Å². The first kappa shape index (κ1) is 9.60. The Bertz CT molecular complexity index is 436. The van der Waals surface area contributed by atoms with Gasteiger partial charge in [-0.3, -0.25) is 0 Å². The van der Waals surface area contributed by atoms with Gasteiger partial charge in [-0.2, -0.15) is 0 Å². The summed E-state index contributed by atoms with van der Waals surface area (Å²) < 4.78 is 4.91. The lowest BCUT2D eigenvalue weighted by Gasteiger charge is -1.97. The van der Waals surface area contributed by atoms with E-state index >= 15 is 0 Å². The Labute approximate surface area is 86.5 Å². The van der Waals surface area contributed by atoms with Crippen LogP contribution >= 0.6 is 0 Å². The molecule has 0 unspecified atom stereocenters. The Kier molecular flexibility index (Phi) is 2.59. The van der Waals surface area contributed by atoms with Crippen molar-refractivity contribution in [1.29, 1.82) is 0 Å². The predicted molar refractivity (Wildman–Crippen MR) is 54.1 cm³/mol. The van der Waals surface area contributed by atoms with Crippen molar-refractivity contribution in [2.24, 2.45) is 5.73 Å². The van der Waals surface area contributed by atoms with Crippen molar-refractivity contribution in [3.63, 3.8) is 0 Å². The van der Waals surface area contributed by atoms with Gasteiger partial charge in [0.1, 0.15) is 5.69 Å². The second-order valence-corrected chi connectivity index (χ2v) is 2.92. The van der Waals surface area contributed by atoms with Crippen LogP contribution in [-0.4, -0.2) is 27.3 Å². The molecule has 0 saturated heterocycles. The van der Waals surface area contributed by atoms with Gasteiger partial charge in [-0.15, -0.1) is 10.2 Å². The smallest absolute Gasteiger partial charge is 0.233 e. The average Bonchev–Trinajstić information content (AvgIpc) is 2.78. The molecule has 3 N–H and O–H groups in total. The number of nitrogens with one attached hydrogen (secondary N) is 1. The lowest BCUT2D eigenvalue weighted by Crippen LogP contribution is -1.96. The summed E-state index contributed by atoms with van der Waals surface area (Å²) in [5.41, 5.74) is 6.99. The second-order valence-electron chi connectivity index (χ2n) is 2.92. The molecule has 0 spiro atoms. The molecule has 0 saturated carbocycles. The summed E-state index contributed by atoms with van der Waals surface area (Å²) in [6.45, 7) is 0.427. The van der Waals surface area contributed by atoms with E-state index < -0.39 is 0 Å². The largest absolute Gasteiger partial charge is 0.480 e. The van der Waals surface area contributed by atoms with Gasteiger partial charge in [-0.05, 0) is 6.07 Å². The highest BCUT2D eigenvalue weighted by atomic mass is 16.5. The molecule has 0 fully saturated rings. The standard InChI is InChI=1S/C9H11N5O/c1-15-8-3-2-7(13-14-8)9-11-5-6(4-10)12-9/h2-3,5H,4,10H2,1H3,(H,11,12). The van der Waals surface area contributed by atoms with Gasteiger partial charge < -0.3 is 15.5 Å². The predicted octanol–water partition coefficient (Wildman–Crippen LogP) is 0.334. The third-order valence-corrected chi connectivity index (χ3v) is 1.94. The number of nitrogens with two attached hydrogens (primary N) is 1. The number of hydrogen-bond acceptors (Lipinski definition) is 5. The molecule has 0 atom stereocenters. The molecule has 78 valence electrons. The van der Waals surface area contributed by atoms with Crippen molar-refractivity contribution in [2.45, 2.75) is 6.54 Å². The SMILES string of the molecule is COc1ccc(-c2ncc(CN)[nH]2)nn1. The maximum absolute atomic E-state index is 5.46. The number of H-pyrrole nitrogens is 1. The van der Waals surface area contributed by atoms with Crippen LogP contribution in [0.25, 0.3) is 11.5 Å². The lowest BCUT2D eigenvalue weighted by atomic mass is 10.4. The number of ether oxygens (including phenoxy) is 1. The number of imidazole rings is 1. The van der Waals surface area contributed by atoms with Crippen molar-refractivity contribution in [2.75, 3.05) is 7.11 Å². The maximum atomic E-state index is 5.46. The average molecular weight is 205 g/mol. The molecule has 2 heterocycles. The fourth-order valence-electron chi connectivity index (χ4n) is 1.15. The summed E-state index contributed by atoms with van der Waals surface area (Å²) in [6, 6.07) is 3.51. The van der Waals surface area contributed by atoms with E-state index in [2.05, 4.69) is 20.2 Å². The second kappa shape index (κ2) is 4.05. The van der Waals surface area contributed by atoms with Gasteiger partial charge in [0.05, 0.1) is 7.11 Å². The van der Waals surface area contributed by atoms with Crippen LogP contribution in [0.5, 0.6) is 5.88 Å². The fourth-order valence-corrected chi connectivity index (χ4v) is 1.15. The summed E-state index contributed by atoms with van der Waals surface area (Å²) in [5.74, 6) is 1.13. The molecule has 0 aliphatic carbocycles. The van der Waals surface area contributed by atoms with Crippen LogP contribution < -0.4 is 10.5 Å². The first-order chi connectivity index (χ1) is 7.33. The highest BCUT2D eigenvalue weighted by molar-refractivity contribution is 5.48. The number of rotatable bonds is 3. The minimum Gasteiger partial charge on any atom is -0.480 e. The molecule has 0 aliphatic rings. The lowest BCUT2D eigenvalue weighted by molar-refractivity contribution is 0.392. The van der Waals surface area contributed by atoms with Crippen molar-refractivity contribution in [3.8, 4) is 17.4 Å². The molecule has 6 nitrogen and oxygen atoms in total. The number of nitrogens with zero attached hydrogens (tertiary/aromatic N) is 3. The zero-order chi connectivity index (χ0) is 10.7. The molecule has 2 rings (SSSR count). The van der Waals surface area contributed by atoms with Gasteiger partial charge in [-0.25, -0.2) is 4.98 Å². The van der Waals surface area contributed by atoms with Crippen molar-refractivity contribution < 1.29 is 4.74 Å². The third-order valence-electron chi connectivity index (χ3n) is 1.94. The van der Waals surface area contributed by atoms with E-state index in [4.69, 9.17) is 10.5 Å². The Morgan fingerprint density at radius 1 is 1.40 bits per heavy atom. The van der Waals surface area contributed by atoms with Gasteiger partial charge >= 0.3 is 0 Å². The molecule has 6 heteroatoms. The van der Waals surface area contributed by atoms with Crippen LogP contribution in [0.1, 0.15) is 5.69 Å². The van der Waals surface area contributed by atoms with Crippen molar-refractivity contribution in [3.05, 3.63) is 24.0 Å². The molecule has 15 heavy (non-hydrogen) atoms. The first-order valence-corrected chi connectivity index (χ1v) is 4.45. The van der Waals surface area contributed by atoms with E-state index in [1.165, 1.54) is 0 Å². The van der Waals surface area contributed by atoms with E-state index in [1.807, 2.05) is 0 Å². The molecule has 2 aromatic heterocycles. The van der Waals surface area contributed by atoms with Gasteiger partial charge in [0, 0.05) is 24.5 Å². The zero-order valence-corrected chi connectivity index (χ0v) is 8.27. The van der Waals surface area contributed by atoms with E-state index in [0.29, 0.717) is 23.9 Å². The summed E-state index contributed by atoms with van der Waals surface area (Å²) in [5, 5.41) is 7.80. The number of hydrogen-bond donors (Lipinski definition) is 2. The van der Waals surface area contributed by atoms with Gasteiger partial charge in [-0.1, -0.05) is 0 Å². The molecule has 0 bridgehead atoms. The summed E-state index contributed by atoms with van der Waals surface area (Å²) in [7, 11) is 1.54. The minimum atomic E-state index is 0.427. The Balaban J connectivity index is 2.28. The quantitative estimate of drug-likeness (QED) is 0.753. The van der Waals surface area contributed by atoms with E-state index in [-0.39, 0.29) is 0 Å². The molecular formula is C9H11N5O. The minimum absolute atomic E-state index is 0.427. The van der Waals surface area contributed by atoms with Gasteiger partial charge in [0.15, 0.2) is 5.82 Å². The number of methoxy groups -OCH3 is 1. The molecule has 2 aromatic rings. The molecular weight excluding hydrogens is 194 g/mol. The normalized spacial score (nSPS) is 10.3. The van der Waals surface area contributed by atoms with Gasteiger partial charge in [0.25, 0.3) is 0 Å². The van der Waals surface area contributed by atoms with Crippen LogP contribution in [-0.2, 0) is 6.54 Å². The van der Waals surface area contributed by atoms with Crippen molar-refractivity contribution in [1.82, 2.24) is 20.2 Å². The maximum Gasteiger partial charge on any atom is 0.233 e. The summed E-state index contributed by atoms with van der Waals surface area (Å²) >= 11 is 0. The molecule has 0 aliphatic heterocycles. The Morgan fingerprint density at radius 3 is 2.80 bits per heavy atom. The van der Waals surface area contributed by atoms with Crippen molar-refractivity contribution >= 4 is 0 Å². The number of aromatic nitrogens is 4. The fraction of sp³-hybridized carbons (Fsp3) is 0.222. The third kappa shape index (κ3) is 1.94. The van der Waals surface area contributed by atoms with Gasteiger partial charge in [0.2, 0.25) is 5.88 Å². The first-order valence-electron chi connectivity index (χ1n) is 4.45. The zero-order valence-electron chi connectivity index (χ0n) is 8.27. The molecule has 0 radical (unpaired) electrons. The highest BCUT2D eigenvalue weighted by Gasteiger charge is 2.04. The Morgan fingerprint density at radius 2 is 2.27 bits per heavy atom.